The first-order valence-electron chi connectivity index (χ1n) is 8.88. The number of anilines is 1. The minimum absolute atomic E-state index is 0.114. The van der Waals surface area contributed by atoms with E-state index >= 15 is 0 Å². The van der Waals surface area contributed by atoms with Crippen LogP contribution in [0.3, 0.4) is 0 Å². The molecule has 7 nitrogen and oxygen atoms in total. The molecule has 0 fully saturated rings. The predicted molar refractivity (Wildman–Crippen MR) is 112 cm³/mol. The molecule has 28 heavy (non-hydrogen) atoms. The number of ether oxygens (including phenoxy) is 2. The van der Waals surface area contributed by atoms with Gasteiger partial charge >= 0.3 is 0 Å². The summed E-state index contributed by atoms with van der Waals surface area (Å²) in [7, 11) is 1.54. The van der Waals surface area contributed by atoms with Gasteiger partial charge in [0.05, 0.1) is 35.9 Å². The molecule has 0 aliphatic carbocycles. The van der Waals surface area contributed by atoms with Crippen LogP contribution >= 0.6 is 11.6 Å². The Morgan fingerprint density at radius 2 is 2.07 bits per heavy atom. The first-order valence-corrected chi connectivity index (χ1v) is 9.25. The van der Waals surface area contributed by atoms with Crippen molar-refractivity contribution in [3.8, 4) is 11.5 Å². The van der Waals surface area contributed by atoms with Gasteiger partial charge in [-0.3, -0.25) is 9.36 Å². The van der Waals surface area contributed by atoms with E-state index in [1.54, 1.807) is 30.5 Å². The summed E-state index contributed by atoms with van der Waals surface area (Å²) < 4.78 is 12.4. The molecule has 1 aromatic heterocycles. The Kier molecular flexibility index (Phi) is 6.16. The van der Waals surface area contributed by atoms with Gasteiger partial charge in [-0.2, -0.15) is 5.10 Å². The molecule has 0 atom stereocenters. The predicted octanol–water partition coefficient (Wildman–Crippen LogP) is 3.92. The van der Waals surface area contributed by atoms with Gasteiger partial charge in [0.15, 0.2) is 11.5 Å². The van der Waals surface area contributed by atoms with Gasteiger partial charge in [0.2, 0.25) is 5.95 Å². The fraction of sp³-hybridized carbons (Fsp3) is 0.250. The number of nitrogens with zero attached hydrogens (tertiary/aromatic N) is 3. The van der Waals surface area contributed by atoms with E-state index in [1.807, 2.05) is 26.0 Å². The summed E-state index contributed by atoms with van der Waals surface area (Å²) in [5.41, 5.74) is 4.07. The molecule has 0 radical (unpaired) electrons. The van der Waals surface area contributed by atoms with Crippen molar-refractivity contribution in [2.75, 3.05) is 19.1 Å². The van der Waals surface area contributed by atoms with Crippen LogP contribution in [0.2, 0.25) is 5.02 Å². The molecule has 0 spiro atoms. The van der Waals surface area contributed by atoms with E-state index in [0.29, 0.717) is 52.1 Å². The van der Waals surface area contributed by atoms with E-state index in [-0.39, 0.29) is 5.56 Å². The maximum Gasteiger partial charge on any atom is 0.262 e. The summed E-state index contributed by atoms with van der Waals surface area (Å²) in [5.74, 6) is 1.38. The average Bonchev–Trinajstić information content (AvgIpc) is 2.68. The van der Waals surface area contributed by atoms with Crippen LogP contribution in [-0.2, 0) is 6.54 Å². The number of hydrazone groups is 1. The van der Waals surface area contributed by atoms with E-state index in [0.717, 1.165) is 0 Å². The Labute approximate surface area is 167 Å². The SMILES string of the molecule is CCOc1cc(/C=N\Nc2nc3ccccc3c(=O)n2CC)cc(Cl)c1OC. The third-order valence-electron chi connectivity index (χ3n) is 4.09. The summed E-state index contributed by atoms with van der Waals surface area (Å²) in [5, 5.41) is 5.21. The van der Waals surface area contributed by atoms with Crippen molar-refractivity contribution in [3.05, 3.63) is 57.3 Å². The lowest BCUT2D eigenvalue weighted by Gasteiger charge is -2.12. The van der Waals surface area contributed by atoms with Crippen molar-refractivity contribution in [2.24, 2.45) is 5.10 Å². The second-order valence-corrected chi connectivity index (χ2v) is 6.25. The van der Waals surface area contributed by atoms with E-state index in [9.17, 15) is 4.79 Å². The third kappa shape index (κ3) is 3.94. The number of rotatable bonds is 7. The zero-order chi connectivity index (χ0) is 20.1. The number of hydrogen-bond acceptors (Lipinski definition) is 6. The highest BCUT2D eigenvalue weighted by Gasteiger charge is 2.11. The monoisotopic (exact) mass is 400 g/mol. The van der Waals surface area contributed by atoms with Crippen molar-refractivity contribution in [1.82, 2.24) is 9.55 Å². The van der Waals surface area contributed by atoms with E-state index in [1.165, 1.54) is 11.7 Å². The molecule has 0 saturated carbocycles. The molecule has 8 heteroatoms. The zero-order valence-corrected chi connectivity index (χ0v) is 16.7. The standard InChI is InChI=1S/C20H21ClN4O3/c1-4-25-19(26)14-8-6-7-9-16(14)23-20(25)24-22-12-13-10-15(21)18(27-3)17(11-13)28-5-2/h6-12H,4-5H2,1-3H3,(H,23,24)/b22-12-. The molecule has 2 aromatic carbocycles. The molecular formula is C20H21ClN4O3. The largest absolute Gasteiger partial charge is 0.491 e. The molecule has 0 saturated heterocycles. The van der Waals surface area contributed by atoms with Crippen LogP contribution in [0.1, 0.15) is 19.4 Å². The van der Waals surface area contributed by atoms with Crippen LogP contribution < -0.4 is 20.5 Å². The fourth-order valence-corrected chi connectivity index (χ4v) is 3.13. The van der Waals surface area contributed by atoms with E-state index in [2.05, 4.69) is 15.5 Å². The summed E-state index contributed by atoms with van der Waals surface area (Å²) in [6.45, 7) is 4.71. The number of methoxy groups -OCH3 is 1. The maximum atomic E-state index is 12.6. The maximum absolute atomic E-state index is 12.6. The number of aromatic nitrogens is 2. The van der Waals surface area contributed by atoms with Crippen molar-refractivity contribution in [2.45, 2.75) is 20.4 Å². The lowest BCUT2D eigenvalue weighted by Crippen LogP contribution is -2.23. The Hall–Kier alpha value is -3.06. The van der Waals surface area contributed by atoms with Gasteiger partial charge in [-0.15, -0.1) is 0 Å². The fourth-order valence-electron chi connectivity index (χ4n) is 2.83. The van der Waals surface area contributed by atoms with Gasteiger partial charge in [-0.05, 0) is 43.7 Å². The molecule has 0 unspecified atom stereocenters. The quantitative estimate of drug-likeness (QED) is 0.480. The van der Waals surface area contributed by atoms with Gasteiger partial charge in [0.25, 0.3) is 5.56 Å². The zero-order valence-electron chi connectivity index (χ0n) is 15.9. The van der Waals surface area contributed by atoms with Crippen molar-refractivity contribution in [3.63, 3.8) is 0 Å². The number of hydrogen-bond donors (Lipinski definition) is 1. The molecule has 3 rings (SSSR count). The summed E-state index contributed by atoms with van der Waals surface area (Å²) in [6.07, 6.45) is 1.58. The highest BCUT2D eigenvalue weighted by Crippen LogP contribution is 2.35. The Morgan fingerprint density at radius 1 is 1.29 bits per heavy atom. The van der Waals surface area contributed by atoms with E-state index < -0.39 is 0 Å². The Bertz CT molecular complexity index is 1080. The highest BCUT2D eigenvalue weighted by molar-refractivity contribution is 6.32. The smallest absolute Gasteiger partial charge is 0.262 e. The van der Waals surface area contributed by atoms with Crippen LogP contribution in [0.5, 0.6) is 11.5 Å². The van der Waals surface area contributed by atoms with Gasteiger partial charge in [0, 0.05) is 6.54 Å². The van der Waals surface area contributed by atoms with Crippen LogP contribution in [0.4, 0.5) is 5.95 Å². The molecule has 0 aliphatic heterocycles. The lowest BCUT2D eigenvalue weighted by molar-refractivity contribution is 0.311. The second-order valence-electron chi connectivity index (χ2n) is 5.84. The Morgan fingerprint density at radius 3 is 2.79 bits per heavy atom. The number of nitrogens with one attached hydrogen (secondary N) is 1. The molecule has 0 bridgehead atoms. The van der Waals surface area contributed by atoms with Crippen molar-refractivity contribution >= 4 is 34.7 Å². The second kappa shape index (κ2) is 8.75. The number of para-hydroxylation sites is 1. The van der Waals surface area contributed by atoms with Gasteiger partial charge in [0.1, 0.15) is 0 Å². The van der Waals surface area contributed by atoms with Gasteiger partial charge in [-0.25, -0.2) is 10.4 Å². The lowest BCUT2D eigenvalue weighted by atomic mass is 10.2. The van der Waals surface area contributed by atoms with Crippen LogP contribution in [0.15, 0.2) is 46.3 Å². The minimum Gasteiger partial charge on any atom is -0.491 e. The minimum atomic E-state index is -0.114. The highest BCUT2D eigenvalue weighted by atomic mass is 35.5. The van der Waals surface area contributed by atoms with Crippen LogP contribution in [-0.4, -0.2) is 29.5 Å². The molecule has 3 aromatic rings. The van der Waals surface area contributed by atoms with Crippen molar-refractivity contribution < 1.29 is 9.47 Å². The van der Waals surface area contributed by atoms with Crippen LogP contribution in [0.25, 0.3) is 10.9 Å². The first kappa shape index (κ1) is 19.7. The Balaban J connectivity index is 1.92. The number of halogens is 1. The molecule has 0 amide bonds. The molecule has 1 heterocycles. The summed E-state index contributed by atoms with van der Waals surface area (Å²) in [4.78, 5) is 17.1. The van der Waals surface area contributed by atoms with Gasteiger partial charge < -0.3 is 9.47 Å². The molecule has 0 aliphatic rings. The number of benzene rings is 2. The summed E-state index contributed by atoms with van der Waals surface area (Å²) >= 11 is 6.26. The topological polar surface area (TPSA) is 77.7 Å². The van der Waals surface area contributed by atoms with E-state index in [4.69, 9.17) is 21.1 Å². The third-order valence-corrected chi connectivity index (χ3v) is 4.37. The average molecular weight is 401 g/mol. The molecule has 146 valence electrons. The first-order chi connectivity index (χ1) is 13.6. The molecular weight excluding hydrogens is 380 g/mol. The normalized spacial score (nSPS) is 11.1. The van der Waals surface area contributed by atoms with Crippen LogP contribution in [0, 0.1) is 0 Å². The number of fused-ring (bicyclic) bond motifs is 1. The molecule has 1 N–H and O–H groups in total. The summed E-state index contributed by atoms with van der Waals surface area (Å²) in [6, 6.07) is 10.7. The van der Waals surface area contributed by atoms with Gasteiger partial charge in [-0.1, -0.05) is 23.7 Å². The van der Waals surface area contributed by atoms with Crippen molar-refractivity contribution in [1.29, 1.82) is 0 Å².